The number of fused-ring (bicyclic) bond motifs is 2. The van der Waals surface area contributed by atoms with Gasteiger partial charge in [-0.15, -0.1) is 0 Å². The molecular formula is C19H28ClN3O2. The lowest BCUT2D eigenvalue weighted by atomic mass is 9.77. The molecule has 0 aromatic carbocycles. The van der Waals surface area contributed by atoms with E-state index in [4.69, 9.17) is 11.6 Å². The van der Waals surface area contributed by atoms with Crippen LogP contribution < -0.4 is 5.32 Å². The van der Waals surface area contributed by atoms with E-state index in [1.165, 1.54) is 6.42 Å². The standard InChI is InChI=1S/C19H28ClN3O2/c1-18(2,3)23-16(20)14(10-21-23)17(24)22-15-5-4-11-6-12-8-19(25,7-11)9-13(12)15/h10-13,15,25H,4-9H2,1-3H3,(H,22,24)/t11?,12?,13?,15-,19-/m0/s1. The fourth-order valence-corrected chi connectivity index (χ4v) is 5.93. The first-order valence-corrected chi connectivity index (χ1v) is 9.81. The SMILES string of the molecule is CC(C)(C)n1ncc(C(=O)N[C@H]2CCC3CC4C[C@@](O)(C3)CC42)c1Cl. The number of carbonyl (C=O) groups excluding carboxylic acids is 1. The second-order valence-corrected chi connectivity index (χ2v) is 9.81. The van der Waals surface area contributed by atoms with E-state index in [1.54, 1.807) is 10.9 Å². The number of nitrogens with one attached hydrogen (secondary N) is 1. The van der Waals surface area contributed by atoms with E-state index in [2.05, 4.69) is 10.4 Å². The molecule has 138 valence electrons. The van der Waals surface area contributed by atoms with Crippen molar-refractivity contribution >= 4 is 17.5 Å². The van der Waals surface area contributed by atoms with Crippen LogP contribution in [0.15, 0.2) is 6.20 Å². The second kappa shape index (κ2) is 5.71. The van der Waals surface area contributed by atoms with Crippen LogP contribution in [0, 0.1) is 17.8 Å². The number of aliphatic hydroxyl groups is 1. The van der Waals surface area contributed by atoms with Crippen LogP contribution in [0.2, 0.25) is 5.15 Å². The maximum absolute atomic E-state index is 12.8. The normalized spacial score (nSPS) is 37.2. The predicted octanol–water partition coefficient (Wildman–Crippen LogP) is 3.35. The number of nitrogens with zero attached hydrogens (tertiary/aromatic N) is 2. The average molecular weight is 366 g/mol. The van der Waals surface area contributed by atoms with Crippen molar-refractivity contribution in [2.24, 2.45) is 17.8 Å². The third-order valence-corrected chi connectivity index (χ3v) is 6.84. The van der Waals surface area contributed by atoms with Crippen molar-refractivity contribution in [1.29, 1.82) is 0 Å². The molecule has 3 bridgehead atoms. The zero-order valence-electron chi connectivity index (χ0n) is 15.3. The highest BCUT2D eigenvalue weighted by Gasteiger charge is 2.53. The van der Waals surface area contributed by atoms with E-state index in [0.29, 0.717) is 28.5 Å². The van der Waals surface area contributed by atoms with Crippen molar-refractivity contribution in [3.63, 3.8) is 0 Å². The first-order chi connectivity index (χ1) is 11.7. The third-order valence-electron chi connectivity index (χ3n) is 6.48. The van der Waals surface area contributed by atoms with E-state index in [0.717, 1.165) is 32.1 Å². The van der Waals surface area contributed by atoms with Gasteiger partial charge >= 0.3 is 0 Å². The minimum absolute atomic E-state index is 0.130. The Labute approximate surface area is 154 Å². The Morgan fingerprint density at radius 3 is 2.80 bits per heavy atom. The van der Waals surface area contributed by atoms with Gasteiger partial charge in [0.1, 0.15) is 5.15 Å². The maximum atomic E-state index is 12.8. The molecule has 6 heteroatoms. The molecule has 0 radical (unpaired) electrons. The van der Waals surface area contributed by atoms with Crippen molar-refractivity contribution in [1.82, 2.24) is 15.1 Å². The molecule has 1 heterocycles. The number of hydrogen-bond donors (Lipinski definition) is 2. The maximum Gasteiger partial charge on any atom is 0.256 e. The van der Waals surface area contributed by atoms with E-state index < -0.39 is 5.60 Å². The van der Waals surface area contributed by atoms with Crippen molar-refractivity contribution in [2.75, 3.05) is 0 Å². The number of halogens is 1. The highest BCUT2D eigenvalue weighted by molar-refractivity contribution is 6.32. The molecule has 5 atom stereocenters. The van der Waals surface area contributed by atoms with Crippen LogP contribution in [0.3, 0.4) is 0 Å². The lowest BCUT2D eigenvalue weighted by molar-refractivity contribution is -0.00594. The van der Waals surface area contributed by atoms with Crippen LogP contribution in [0.5, 0.6) is 0 Å². The van der Waals surface area contributed by atoms with Crippen LogP contribution in [0.25, 0.3) is 0 Å². The van der Waals surface area contributed by atoms with Crippen LogP contribution in [0.1, 0.15) is 69.7 Å². The monoisotopic (exact) mass is 365 g/mol. The van der Waals surface area contributed by atoms with Gasteiger partial charge < -0.3 is 10.4 Å². The van der Waals surface area contributed by atoms with Gasteiger partial charge in [-0.2, -0.15) is 5.10 Å². The topological polar surface area (TPSA) is 67.2 Å². The van der Waals surface area contributed by atoms with E-state index >= 15 is 0 Å². The zero-order valence-corrected chi connectivity index (χ0v) is 16.0. The van der Waals surface area contributed by atoms with Gasteiger partial charge in [0.2, 0.25) is 0 Å². The number of amides is 1. The smallest absolute Gasteiger partial charge is 0.256 e. The summed E-state index contributed by atoms with van der Waals surface area (Å²) in [6.45, 7) is 6.03. The molecule has 5 nitrogen and oxygen atoms in total. The molecule has 3 saturated carbocycles. The molecule has 25 heavy (non-hydrogen) atoms. The molecule has 4 rings (SSSR count). The van der Waals surface area contributed by atoms with E-state index in [9.17, 15) is 9.90 Å². The van der Waals surface area contributed by atoms with Gasteiger partial charge in [-0.25, -0.2) is 4.68 Å². The van der Waals surface area contributed by atoms with Gasteiger partial charge in [0.15, 0.2) is 0 Å². The van der Waals surface area contributed by atoms with Gasteiger partial charge in [0.25, 0.3) is 5.91 Å². The average Bonchev–Trinajstić information content (AvgIpc) is 2.96. The fraction of sp³-hybridized carbons (Fsp3) is 0.789. The lowest BCUT2D eigenvalue weighted by Gasteiger charge is -2.33. The third kappa shape index (κ3) is 2.99. The summed E-state index contributed by atoms with van der Waals surface area (Å²) in [6, 6.07) is 0.130. The Bertz CT molecular complexity index is 695. The van der Waals surface area contributed by atoms with Gasteiger partial charge in [0, 0.05) is 6.04 Å². The highest BCUT2D eigenvalue weighted by atomic mass is 35.5. The molecule has 0 aliphatic heterocycles. The summed E-state index contributed by atoms with van der Waals surface area (Å²) < 4.78 is 1.69. The second-order valence-electron chi connectivity index (χ2n) is 9.45. The summed E-state index contributed by atoms with van der Waals surface area (Å²) >= 11 is 6.42. The van der Waals surface area contributed by atoms with Crippen LogP contribution in [0.4, 0.5) is 0 Å². The minimum atomic E-state index is -0.490. The molecule has 0 saturated heterocycles. The fourth-order valence-electron chi connectivity index (χ4n) is 5.50. The Kier molecular flexibility index (Phi) is 3.97. The number of rotatable bonds is 2. The first kappa shape index (κ1) is 17.3. The molecule has 0 spiro atoms. The largest absolute Gasteiger partial charge is 0.390 e. The lowest BCUT2D eigenvalue weighted by Crippen LogP contribution is -2.42. The molecule has 2 N–H and O–H groups in total. The molecule has 3 unspecified atom stereocenters. The van der Waals surface area contributed by atoms with Crippen molar-refractivity contribution in [2.45, 2.75) is 76.5 Å². The predicted molar refractivity (Wildman–Crippen MR) is 96.6 cm³/mol. The molecule has 3 aliphatic carbocycles. The number of hydrogen-bond acceptors (Lipinski definition) is 3. The zero-order chi connectivity index (χ0) is 18.0. The van der Waals surface area contributed by atoms with Crippen molar-refractivity contribution < 1.29 is 9.90 Å². The van der Waals surface area contributed by atoms with E-state index in [1.807, 2.05) is 20.8 Å². The van der Waals surface area contributed by atoms with Crippen molar-refractivity contribution in [3.8, 4) is 0 Å². The van der Waals surface area contributed by atoms with Gasteiger partial charge in [-0.1, -0.05) is 11.6 Å². The summed E-state index contributed by atoms with van der Waals surface area (Å²) in [7, 11) is 0. The molecule has 1 aromatic rings. The highest BCUT2D eigenvalue weighted by Crippen LogP contribution is 2.55. The molecule has 3 fully saturated rings. The minimum Gasteiger partial charge on any atom is -0.390 e. The Balaban J connectivity index is 1.53. The summed E-state index contributed by atoms with van der Waals surface area (Å²) in [6.07, 6.45) is 7.55. The molecule has 1 amide bonds. The van der Waals surface area contributed by atoms with Crippen LogP contribution in [-0.2, 0) is 5.54 Å². The Morgan fingerprint density at radius 2 is 2.12 bits per heavy atom. The van der Waals surface area contributed by atoms with Crippen LogP contribution >= 0.6 is 11.6 Å². The summed E-state index contributed by atoms with van der Waals surface area (Å²) in [5, 5.41) is 18.7. The van der Waals surface area contributed by atoms with Gasteiger partial charge in [0.05, 0.1) is 22.9 Å². The van der Waals surface area contributed by atoms with Gasteiger partial charge in [-0.3, -0.25) is 4.79 Å². The first-order valence-electron chi connectivity index (χ1n) is 9.43. The molecule has 1 aromatic heterocycles. The summed E-state index contributed by atoms with van der Waals surface area (Å²) in [4.78, 5) is 12.8. The Morgan fingerprint density at radius 1 is 1.36 bits per heavy atom. The molecule has 3 aliphatic rings. The molecular weight excluding hydrogens is 338 g/mol. The van der Waals surface area contributed by atoms with Gasteiger partial charge in [-0.05, 0) is 77.0 Å². The number of carbonyl (C=O) groups is 1. The van der Waals surface area contributed by atoms with Crippen molar-refractivity contribution in [3.05, 3.63) is 16.9 Å². The number of aromatic nitrogens is 2. The summed E-state index contributed by atoms with van der Waals surface area (Å²) in [5.41, 5.74) is -0.311. The van der Waals surface area contributed by atoms with E-state index in [-0.39, 0.29) is 17.5 Å². The Hall–Kier alpha value is -1.07. The summed E-state index contributed by atoms with van der Waals surface area (Å²) in [5.74, 6) is 1.41. The quantitative estimate of drug-likeness (QED) is 0.844. The van der Waals surface area contributed by atoms with Crippen LogP contribution in [-0.4, -0.2) is 32.4 Å².